The molecular weight excluding hydrogens is 336 g/mol. The molecule has 134 valence electrons. The summed E-state index contributed by atoms with van der Waals surface area (Å²) in [6, 6.07) is 4.22. The molecule has 1 aliphatic rings. The average molecular weight is 360 g/mol. The summed E-state index contributed by atoms with van der Waals surface area (Å²) in [7, 11) is 1.87. The smallest absolute Gasteiger partial charge is 0.230 e. The molecule has 0 saturated carbocycles. The fraction of sp³-hybridized carbons (Fsp3) is 0.529. The lowest BCUT2D eigenvalue weighted by Crippen LogP contribution is -2.41. The number of nitrogens with one attached hydrogen (secondary N) is 1. The normalized spacial score (nSPS) is 16.5. The van der Waals surface area contributed by atoms with Gasteiger partial charge in [0.15, 0.2) is 5.16 Å². The maximum absolute atomic E-state index is 12.2. The van der Waals surface area contributed by atoms with Crippen molar-refractivity contribution < 1.29 is 4.79 Å². The molecule has 3 heterocycles. The van der Waals surface area contributed by atoms with Gasteiger partial charge in [0, 0.05) is 26.0 Å². The van der Waals surface area contributed by atoms with Gasteiger partial charge in [0.25, 0.3) is 0 Å². The fourth-order valence-corrected chi connectivity index (χ4v) is 3.77. The van der Waals surface area contributed by atoms with Gasteiger partial charge in [0.2, 0.25) is 5.91 Å². The van der Waals surface area contributed by atoms with E-state index < -0.39 is 0 Å². The first-order chi connectivity index (χ1) is 12.2. The van der Waals surface area contributed by atoms with Crippen molar-refractivity contribution in [2.45, 2.75) is 30.5 Å². The molecule has 2 aromatic heterocycles. The summed E-state index contributed by atoms with van der Waals surface area (Å²) >= 11 is 1.40. The van der Waals surface area contributed by atoms with Crippen LogP contribution in [-0.4, -0.2) is 55.9 Å². The van der Waals surface area contributed by atoms with E-state index in [1.807, 2.05) is 23.9 Å². The molecule has 3 rings (SSSR count). The van der Waals surface area contributed by atoms with Gasteiger partial charge in [0.1, 0.15) is 6.33 Å². The second kappa shape index (κ2) is 8.96. The molecule has 1 unspecified atom stereocenters. The Kier molecular flexibility index (Phi) is 6.41. The van der Waals surface area contributed by atoms with Crippen molar-refractivity contribution in [1.29, 1.82) is 0 Å². The third-order valence-electron chi connectivity index (χ3n) is 4.40. The largest absolute Gasteiger partial charge is 0.353 e. The molecule has 0 aliphatic carbocycles. The molecule has 7 nitrogen and oxygen atoms in total. The van der Waals surface area contributed by atoms with Crippen LogP contribution in [0.3, 0.4) is 0 Å². The molecule has 8 heteroatoms. The van der Waals surface area contributed by atoms with Gasteiger partial charge >= 0.3 is 0 Å². The Morgan fingerprint density at radius 3 is 2.88 bits per heavy atom. The van der Waals surface area contributed by atoms with E-state index in [0.29, 0.717) is 12.3 Å². The molecule has 1 saturated heterocycles. The molecule has 1 N–H and O–H groups in total. The molecule has 1 fully saturated rings. The summed E-state index contributed by atoms with van der Waals surface area (Å²) in [5.41, 5.74) is 1.16. The minimum Gasteiger partial charge on any atom is -0.353 e. The molecule has 25 heavy (non-hydrogen) atoms. The van der Waals surface area contributed by atoms with Crippen LogP contribution in [0.1, 0.15) is 30.9 Å². The number of hydrogen-bond acceptors (Lipinski definition) is 6. The van der Waals surface area contributed by atoms with Crippen molar-refractivity contribution in [3.8, 4) is 0 Å². The number of rotatable bonds is 7. The average Bonchev–Trinajstić information content (AvgIpc) is 3.07. The first-order valence-corrected chi connectivity index (χ1v) is 9.60. The van der Waals surface area contributed by atoms with Crippen molar-refractivity contribution in [2.75, 3.05) is 25.4 Å². The number of amides is 1. The second-order valence-corrected chi connectivity index (χ2v) is 7.16. The van der Waals surface area contributed by atoms with Crippen LogP contribution in [0.2, 0.25) is 0 Å². The van der Waals surface area contributed by atoms with E-state index in [0.717, 1.165) is 23.8 Å². The van der Waals surface area contributed by atoms with Gasteiger partial charge in [-0.15, -0.1) is 10.2 Å². The maximum Gasteiger partial charge on any atom is 0.230 e. The zero-order chi connectivity index (χ0) is 17.5. The van der Waals surface area contributed by atoms with Crippen LogP contribution < -0.4 is 5.32 Å². The number of carbonyl (C=O) groups excluding carboxylic acids is 1. The number of aryl methyl sites for hydroxylation is 1. The molecular formula is C17H24N6OS. The number of thioether (sulfide) groups is 1. The number of carbonyl (C=O) groups is 1. The SMILES string of the molecule is Cn1cnnc1SCC(=O)NCC(c1cccnc1)N1CCCCC1. The minimum absolute atomic E-state index is 0.0129. The standard InChI is InChI=1S/C17H24N6OS/c1-22-13-20-21-17(22)25-12-16(24)19-11-15(14-6-5-7-18-10-14)23-8-3-2-4-9-23/h5-7,10,13,15H,2-4,8-9,11-12H2,1H3,(H,19,24). The lowest BCUT2D eigenvalue weighted by atomic mass is 10.0. The maximum atomic E-state index is 12.2. The van der Waals surface area contributed by atoms with Gasteiger partial charge in [-0.25, -0.2) is 0 Å². The highest BCUT2D eigenvalue weighted by Crippen LogP contribution is 2.23. The molecule has 0 bridgehead atoms. The van der Waals surface area contributed by atoms with Crippen molar-refractivity contribution in [3.05, 3.63) is 36.4 Å². The quantitative estimate of drug-likeness (QED) is 0.757. The van der Waals surface area contributed by atoms with Crippen LogP contribution in [0.4, 0.5) is 0 Å². The Morgan fingerprint density at radius 2 is 2.20 bits per heavy atom. The Balaban J connectivity index is 1.56. The number of pyridine rings is 1. The number of aromatic nitrogens is 4. The molecule has 0 radical (unpaired) electrons. The summed E-state index contributed by atoms with van der Waals surface area (Å²) in [4.78, 5) is 18.9. The highest BCUT2D eigenvalue weighted by molar-refractivity contribution is 7.99. The third kappa shape index (κ3) is 5.02. The highest BCUT2D eigenvalue weighted by atomic mass is 32.2. The second-order valence-electron chi connectivity index (χ2n) is 6.22. The van der Waals surface area contributed by atoms with Crippen molar-refractivity contribution >= 4 is 17.7 Å². The summed E-state index contributed by atoms with van der Waals surface area (Å²) in [6.45, 7) is 2.75. The van der Waals surface area contributed by atoms with Gasteiger partial charge in [-0.1, -0.05) is 24.2 Å². The van der Waals surface area contributed by atoms with Gasteiger partial charge < -0.3 is 9.88 Å². The third-order valence-corrected chi connectivity index (χ3v) is 5.43. The zero-order valence-electron chi connectivity index (χ0n) is 14.5. The van der Waals surface area contributed by atoms with Crippen LogP contribution in [0, 0.1) is 0 Å². The van der Waals surface area contributed by atoms with Gasteiger partial charge in [-0.2, -0.15) is 0 Å². The zero-order valence-corrected chi connectivity index (χ0v) is 15.3. The Bertz CT molecular complexity index is 671. The van der Waals surface area contributed by atoms with E-state index in [2.05, 4.69) is 31.5 Å². The number of hydrogen-bond donors (Lipinski definition) is 1. The molecule has 0 spiro atoms. The van der Waals surface area contributed by atoms with Crippen LogP contribution in [0.15, 0.2) is 36.0 Å². The van der Waals surface area contributed by atoms with E-state index in [-0.39, 0.29) is 11.9 Å². The molecule has 1 amide bonds. The van der Waals surface area contributed by atoms with Crippen molar-refractivity contribution in [3.63, 3.8) is 0 Å². The lowest BCUT2D eigenvalue weighted by Gasteiger charge is -2.34. The minimum atomic E-state index is 0.0129. The van der Waals surface area contributed by atoms with E-state index in [4.69, 9.17) is 0 Å². The number of nitrogens with zero attached hydrogens (tertiary/aromatic N) is 5. The van der Waals surface area contributed by atoms with Crippen LogP contribution in [-0.2, 0) is 11.8 Å². The molecule has 1 atom stereocenters. The Morgan fingerprint density at radius 1 is 1.36 bits per heavy atom. The molecule has 1 aliphatic heterocycles. The Labute approximate surface area is 152 Å². The van der Waals surface area contributed by atoms with Crippen LogP contribution in [0.25, 0.3) is 0 Å². The number of piperidine rings is 1. The van der Waals surface area contributed by atoms with E-state index in [9.17, 15) is 4.79 Å². The molecule has 2 aromatic rings. The highest BCUT2D eigenvalue weighted by Gasteiger charge is 2.23. The summed E-state index contributed by atoms with van der Waals surface area (Å²) in [5.74, 6) is 0.352. The van der Waals surface area contributed by atoms with Crippen LogP contribution in [0.5, 0.6) is 0 Å². The van der Waals surface area contributed by atoms with Crippen molar-refractivity contribution in [1.82, 2.24) is 30.0 Å². The van der Waals surface area contributed by atoms with E-state index >= 15 is 0 Å². The van der Waals surface area contributed by atoms with Gasteiger partial charge in [0.05, 0.1) is 11.8 Å². The van der Waals surface area contributed by atoms with E-state index in [1.165, 1.54) is 31.0 Å². The van der Waals surface area contributed by atoms with Gasteiger partial charge in [-0.3, -0.25) is 14.7 Å². The molecule has 0 aromatic carbocycles. The lowest BCUT2D eigenvalue weighted by molar-refractivity contribution is -0.118. The first-order valence-electron chi connectivity index (χ1n) is 8.61. The predicted octanol–water partition coefficient (Wildman–Crippen LogP) is 1.65. The predicted molar refractivity (Wildman–Crippen MR) is 97.1 cm³/mol. The Hall–Kier alpha value is -1.93. The first kappa shape index (κ1) is 17.9. The number of likely N-dealkylation sites (tertiary alicyclic amines) is 1. The summed E-state index contributed by atoms with van der Waals surface area (Å²) in [5, 5.41) is 11.6. The summed E-state index contributed by atoms with van der Waals surface area (Å²) in [6.07, 6.45) is 9.04. The topological polar surface area (TPSA) is 75.9 Å². The van der Waals surface area contributed by atoms with Crippen LogP contribution >= 0.6 is 11.8 Å². The van der Waals surface area contributed by atoms with E-state index in [1.54, 1.807) is 12.5 Å². The fourth-order valence-electron chi connectivity index (χ4n) is 3.06. The summed E-state index contributed by atoms with van der Waals surface area (Å²) < 4.78 is 1.81. The monoisotopic (exact) mass is 360 g/mol. The van der Waals surface area contributed by atoms with Crippen molar-refractivity contribution in [2.24, 2.45) is 7.05 Å². The van der Waals surface area contributed by atoms with Gasteiger partial charge in [-0.05, 0) is 37.6 Å².